The molecule has 2 heterocycles. The first-order valence-electron chi connectivity index (χ1n) is 10.7. The summed E-state index contributed by atoms with van der Waals surface area (Å²) in [5.41, 5.74) is 14.3. The summed E-state index contributed by atoms with van der Waals surface area (Å²) < 4.78 is 11.8. The van der Waals surface area contributed by atoms with Crippen LogP contribution in [0, 0.1) is 10.8 Å². The minimum absolute atomic E-state index is 0. The molecule has 6 N–H and O–H groups in total. The molecule has 0 aliphatic carbocycles. The fraction of sp³-hybridized carbons (Fsp3) is 0.280. The number of amidine groups is 2. The van der Waals surface area contributed by atoms with Gasteiger partial charge in [-0.2, -0.15) is 0 Å². The monoisotopic (exact) mass is 488 g/mol. The quantitative estimate of drug-likeness (QED) is 0.118. The van der Waals surface area contributed by atoms with E-state index in [-0.39, 0.29) is 36.5 Å². The zero-order valence-corrected chi connectivity index (χ0v) is 20.0. The van der Waals surface area contributed by atoms with E-state index in [2.05, 4.69) is 12.1 Å². The van der Waals surface area contributed by atoms with E-state index in [1.165, 1.54) is 6.42 Å². The zero-order valence-electron chi connectivity index (χ0n) is 18.4. The summed E-state index contributed by atoms with van der Waals surface area (Å²) in [7, 11) is 0. The molecule has 0 saturated heterocycles. The maximum absolute atomic E-state index is 7.54. The molecule has 0 fully saturated rings. The maximum Gasteiger partial charge on any atom is 0.134 e. The van der Waals surface area contributed by atoms with Crippen LogP contribution >= 0.6 is 24.8 Å². The second kappa shape index (κ2) is 11.8. The van der Waals surface area contributed by atoms with E-state index in [1.807, 2.05) is 36.4 Å². The predicted molar refractivity (Wildman–Crippen MR) is 139 cm³/mol. The Balaban J connectivity index is 0.00000193. The SMILES string of the molecule is Cl.Cl.N=C(N)c1ccc2oc(CCCCCCCc3cc4cc(C(=N)N)ccc4o3)cc2c1. The lowest BCUT2D eigenvalue weighted by atomic mass is 10.1. The van der Waals surface area contributed by atoms with Gasteiger partial charge in [-0.25, -0.2) is 0 Å². The molecular weight excluding hydrogens is 459 g/mol. The van der Waals surface area contributed by atoms with Crippen LogP contribution in [0.4, 0.5) is 0 Å². The van der Waals surface area contributed by atoms with E-state index in [0.29, 0.717) is 0 Å². The van der Waals surface area contributed by atoms with Gasteiger partial charge in [0.25, 0.3) is 0 Å². The van der Waals surface area contributed by atoms with Crippen LogP contribution in [0.5, 0.6) is 0 Å². The van der Waals surface area contributed by atoms with Crippen molar-refractivity contribution in [1.82, 2.24) is 0 Å². The van der Waals surface area contributed by atoms with Crippen LogP contribution in [0.25, 0.3) is 21.9 Å². The Morgan fingerprint density at radius 1 is 0.606 bits per heavy atom. The summed E-state index contributed by atoms with van der Waals surface area (Å²) in [6.45, 7) is 0. The number of nitrogens with two attached hydrogens (primary N) is 2. The molecule has 6 nitrogen and oxygen atoms in total. The van der Waals surface area contributed by atoms with E-state index in [9.17, 15) is 0 Å². The molecule has 33 heavy (non-hydrogen) atoms. The van der Waals surface area contributed by atoms with Gasteiger partial charge in [0, 0.05) is 34.7 Å². The molecule has 176 valence electrons. The smallest absolute Gasteiger partial charge is 0.134 e. The highest BCUT2D eigenvalue weighted by atomic mass is 35.5. The van der Waals surface area contributed by atoms with Gasteiger partial charge >= 0.3 is 0 Å². The third-order valence-corrected chi connectivity index (χ3v) is 5.60. The number of halogens is 2. The van der Waals surface area contributed by atoms with Crippen LogP contribution in [0.15, 0.2) is 57.4 Å². The van der Waals surface area contributed by atoms with Crippen molar-refractivity contribution in [2.45, 2.75) is 44.9 Å². The fourth-order valence-corrected chi connectivity index (χ4v) is 3.91. The van der Waals surface area contributed by atoms with Crippen LogP contribution in [-0.2, 0) is 12.8 Å². The van der Waals surface area contributed by atoms with Gasteiger partial charge < -0.3 is 20.3 Å². The van der Waals surface area contributed by atoms with Crippen LogP contribution in [0.1, 0.15) is 54.8 Å². The highest BCUT2D eigenvalue weighted by Gasteiger charge is 2.07. The van der Waals surface area contributed by atoms with E-state index in [4.69, 9.17) is 31.1 Å². The molecule has 2 aromatic heterocycles. The van der Waals surface area contributed by atoms with E-state index in [1.54, 1.807) is 0 Å². The summed E-state index contributed by atoms with van der Waals surface area (Å²) >= 11 is 0. The molecular formula is C25H30Cl2N4O2. The van der Waals surface area contributed by atoms with Crippen molar-refractivity contribution in [3.05, 3.63) is 71.2 Å². The van der Waals surface area contributed by atoms with Gasteiger partial charge in [-0.15, -0.1) is 24.8 Å². The molecule has 0 atom stereocenters. The van der Waals surface area contributed by atoms with Crippen molar-refractivity contribution < 1.29 is 8.83 Å². The van der Waals surface area contributed by atoms with Crippen LogP contribution < -0.4 is 11.5 Å². The molecule has 0 amide bonds. The Bertz CT molecular complexity index is 1150. The summed E-state index contributed by atoms with van der Waals surface area (Å²) in [4.78, 5) is 0. The summed E-state index contributed by atoms with van der Waals surface area (Å²) in [5.74, 6) is 2.13. The first kappa shape index (κ1) is 26.3. The van der Waals surface area contributed by atoms with Gasteiger partial charge in [0.05, 0.1) is 0 Å². The second-order valence-corrected chi connectivity index (χ2v) is 8.03. The maximum atomic E-state index is 7.54. The number of furan rings is 2. The lowest BCUT2D eigenvalue weighted by molar-refractivity contribution is 0.509. The Labute approximate surface area is 205 Å². The van der Waals surface area contributed by atoms with Gasteiger partial charge in [0.15, 0.2) is 0 Å². The minimum Gasteiger partial charge on any atom is -0.461 e. The third-order valence-electron chi connectivity index (χ3n) is 5.60. The lowest BCUT2D eigenvalue weighted by Crippen LogP contribution is -2.10. The normalized spacial score (nSPS) is 10.7. The van der Waals surface area contributed by atoms with Crippen LogP contribution in [-0.4, -0.2) is 11.7 Å². The standard InChI is InChI=1S/C25H28N4O2.2ClH/c26-24(27)16-8-10-22-18(12-16)14-20(30-22)6-4-2-1-3-5-7-21-15-19-13-17(25(28)29)9-11-23(19)31-21;;/h8-15H,1-7H2,(H3,26,27)(H3,28,29);2*1H. The van der Waals surface area contributed by atoms with Crippen molar-refractivity contribution >= 4 is 58.4 Å². The average molecular weight is 489 g/mol. The first-order chi connectivity index (χ1) is 15.0. The number of aryl methyl sites for hydroxylation is 2. The molecule has 4 rings (SSSR count). The van der Waals surface area contributed by atoms with Crippen molar-refractivity contribution in [2.24, 2.45) is 11.5 Å². The molecule has 0 saturated carbocycles. The summed E-state index contributed by atoms with van der Waals surface area (Å²) in [6.07, 6.45) is 7.55. The average Bonchev–Trinajstić information content (AvgIpc) is 3.34. The molecule has 4 aromatic rings. The number of nitrogen functional groups attached to an aromatic ring is 2. The topological polar surface area (TPSA) is 126 Å². The van der Waals surface area contributed by atoms with Crippen LogP contribution in [0.2, 0.25) is 0 Å². The Morgan fingerprint density at radius 3 is 1.39 bits per heavy atom. The Hall–Kier alpha value is -2.96. The van der Waals surface area contributed by atoms with E-state index >= 15 is 0 Å². The lowest BCUT2D eigenvalue weighted by Gasteiger charge is -2.00. The van der Waals surface area contributed by atoms with E-state index in [0.717, 1.165) is 83.1 Å². The molecule has 0 aliphatic rings. The molecule has 2 aromatic carbocycles. The fourth-order valence-electron chi connectivity index (χ4n) is 3.91. The largest absolute Gasteiger partial charge is 0.461 e. The molecule has 0 bridgehead atoms. The van der Waals surface area contributed by atoms with Crippen molar-refractivity contribution in [1.29, 1.82) is 10.8 Å². The number of nitrogens with one attached hydrogen (secondary N) is 2. The molecule has 8 heteroatoms. The Kier molecular flexibility index (Phi) is 9.38. The zero-order chi connectivity index (χ0) is 21.8. The van der Waals surface area contributed by atoms with Gasteiger partial charge in [0.1, 0.15) is 34.4 Å². The number of hydrogen-bond donors (Lipinski definition) is 4. The molecule has 0 spiro atoms. The van der Waals surface area contributed by atoms with Gasteiger partial charge in [-0.05, 0) is 61.4 Å². The van der Waals surface area contributed by atoms with Crippen molar-refractivity contribution in [3.8, 4) is 0 Å². The molecule has 0 aliphatic heterocycles. The molecule has 0 unspecified atom stereocenters. The number of fused-ring (bicyclic) bond motifs is 2. The van der Waals surface area contributed by atoms with Crippen molar-refractivity contribution in [2.75, 3.05) is 0 Å². The first-order valence-corrected chi connectivity index (χ1v) is 10.7. The highest BCUT2D eigenvalue weighted by Crippen LogP contribution is 2.24. The summed E-state index contributed by atoms with van der Waals surface area (Å²) in [6, 6.07) is 15.3. The summed E-state index contributed by atoms with van der Waals surface area (Å²) in [5, 5.41) is 17.1. The van der Waals surface area contributed by atoms with Gasteiger partial charge in [0.2, 0.25) is 0 Å². The van der Waals surface area contributed by atoms with Crippen LogP contribution in [0.3, 0.4) is 0 Å². The predicted octanol–water partition coefficient (Wildman–Crippen LogP) is 6.33. The van der Waals surface area contributed by atoms with E-state index < -0.39 is 0 Å². The van der Waals surface area contributed by atoms with Gasteiger partial charge in [-0.1, -0.05) is 19.3 Å². The minimum atomic E-state index is 0. The second-order valence-electron chi connectivity index (χ2n) is 8.03. The molecule has 0 radical (unpaired) electrons. The highest BCUT2D eigenvalue weighted by molar-refractivity contribution is 5.99. The van der Waals surface area contributed by atoms with Crippen molar-refractivity contribution in [3.63, 3.8) is 0 Å². The number of hydrogen-bond acceptors (Lipinski definition) is 4. The van der Waals surface area contributed by atoms with Gasteiger partial charge in [-0.3, -0.25) is 10.8 Å². The third kappa shape index (κ3) is 6.53. The number of benzene rings is 2. The number of rotatable bonds is 10. The Morgan fingerprint density at radius 2 is 1.00 bits per heavy atom. The number of unbranched alkanes of at least 4 members (excludes halogenated alkanes) is 4.